The molecule has 6 heteroatoms. The standard InChI is InChI=1S/C17H18ClN3O2/c1-11-3-2-8-21(11)16(22)10-20-17(23)13-6-7-19-15-5-4-12(18)9-14(13)15/h4-7,9,11H,2-3,8,10H2,1H3,(H,20,23). The van der Waals surface area contributed by atoms with E-state index in [-0.39, 0.29) is 24.4 Å². The molecule has 1 N–H and O–H groups in total. The number of carbonyl (C=O) groups is 2. The molecule has 23 heavy (non-hydrogen) atoms. The fraction of sp³-hybridized carbons (Fsp3) is 0.353. The van der Waals surface area contributed by atoms with Crippen LogP contribution < -0.4 is 5.32 Å². The number of likely N-dealkylation sites (tertiary alicyclic amines) is 1. The molecule has 1 aliphatic heterocycles. The summed E-state index contributed by atoms with van der Waals surface area (Å²) in [6.07, 6.45) is 3.62. The second-order valence-electron chi connectivity index (χ2n) is 5.78. The maximum Gasteiger partial charge on any atom is 0.252 e. The summed E-state index contributed by atoms with van der Waals surface area (Å²) < 4.78 is 0. The Labute approximate surface area is 139 Å². The predicted molar refractivity (Wildman–Crippen MR) is 89.5 cm³/mol. The van der Waals surface area contributed by atoms with Gasteiger partial charge in [-0.05, 0) is 44.0 Å². The summed E-state index contributed by atoms with van der Waals surface area (Å²) in [6, 6.07) is 7.10. The summed E-state index contributed by atoms with van der Waals surface area (Å²) in [4.78, 5) is 30.6. The van der Waals surface area contributed by atoms with Gasteiger partial charge in [0.15, 0.2) is 0 Å². The number of hydrogen-bond donors (Lipinski definition) is 1. The molecule has 2 amide bonds. The molecular formula is C17H18ClN3O2. The maximum atomic E-state index is 12.4. The molecule has 5 nitrogen and oxygen atoms in total. The molecule has 1 atom stereocenters. The zero-order valence-electron chi connectivity index (χ0n) is 12.9. The number of halogens is 1. The van der Waals surface area contributed by atoms with Crippen LogP contribution >= 0.6 is 11.6 Å². The number of nitrogens with zero attached hydrogens (tertiary/aromatic N) is 2. The van der Waals surface area contributed by atoms with Crippen molar-refractivity contribution in [3.05, 3.63) is 41.0 Å². The third-order valence-corrected chi connectivity index (χ3v) is 4.46. The van der Waals surface area contributed by atoms with E-state index >= 15 is 0 Å². The summed E-state index contributed by atoms with van der Waals surface area (Å²) in [6.45, 7) is 2.81. The quantitative estimate of drug-likeness (QED) is 0.940. The SMILES string of the molecule is CC1CCCN1C(=O)CNC(=O)c1ccnc2ccc(Cl)cc12. The minimum absolute atomic E-state index is 0.00750. The predicted octanol–water partition coefficient (Wildman–Crippen LogP) is 2.63. The van der Waals surface area contributed by atoms with Crippen LogP contribution in [0.5, 0.6) is 0 Å². The van der Waals surface area contributed by atoms with E-state index in [0.29, 0.717) is 21.5 Å². The molecule has 0 spiro atoms. The van der Waals surface area contributed by atoms with Gasteiger partial charge < -0.3 is 10.2 Å². The number of fused-ring (bicyclic) bond motifs is 1. The zero-order valence-corrected chi connectivity index (χ0v) is 13.6. The van der Waals surface area contributed by atoms with Crippen molar-refractivity contribution < 1.29 is 9.59 Å². The van der Waals surface area contributed by atoms with Crippen molar-refractivity contribution in [1.29, 1.82) is 0 Å². The highest BCUT2D eigenvalue weighted by Crippen LogP contribution is 2.21. The second kappa shape index (κ2) is 6.54. The lowest BCUT2D eigenvalue weighted by Crippen LogP contribution is -2.41. The molecule has 1 unspecified atom stereocenters. The largest absolute Gasteiger partial charge is 0.343 e. The van der Waals surface area contributed by atoms with Gasteiger partial charge in [0.1, 0.15) is 0 Å². The van der Waals surface area contributed by atoms with E-state index in [1.807, 2.05) is 11.8 Å². The smallest absolute Gasteiger partial charge is 0.252 e. The molecule has 1 fully saturated rings. The highest BCUT2D eigenvalue weighted by molar-refractivity contribution is 6.31. The third-order valence-electron chi connectivity index (χ3n) is 4.22. The molecule has 1 aliphatic rings. The van der Waals surface area contributed by atoms with E-state index in [4.69, 9.17) is 11.6 Å². The van der Waals surface area contributed by atoms with E-state index in [9.17, 15) is 9.59 Å². The van der Waals surface area contributed by atoms with Crippen LogP contribution in [0.15, 0.2) is 30.5 Å². The van der Waals surface area contributed by atoms with Gasteiger partial charge in [-0.2, -0.15) is 0 Å². The van der Waals surface area contributed by atoms with E-state index in [2.05, 4.69) is 10.3 Å². The molecule has 0 saturated carbocycles. The minimum atomic E-state index is -0.292. The number of rotatable bonds is 3. The van der Waals surface area contributed by atoms with Gasteiger partial charge in [0.05, 0.1) is 17.6 Å². The number of pyridine rings is 1. The molecule has 0 aliphatic carbocycles. The molecule has 2 aromatic rings. The van der Waals surface area contributed by atoms with Gasteiger partial charge in [-0.15, -0.1) is 0 Å². The normalized spacial score (nSPS) is 17.5. The van der Waals surface area contributed by atoms with E-state index in [1.165, 1.54) is 0 Å². The summed E-state index contributed by atoms with van der Waals surface area (Å²) in [7, 11) is 0. The van der Waals surface area contributed by atoms with Gasteiger partial charge in [0.25, 0.3) is 5.91 Å². The van der Waals surface area contributed by atoms with Crippen molar-refractivity contribution in [1.82, 2.24) is 15.2 Å². The monoisotopic (exact) mass is 331 g/mol. The van der Waals surface area contributed by atoms with Gasteiger partial charge in [-0.25, -0.2) is 0 Å². The van der Waals surface area contributed by atoms with Gasteiger partial charge in [-0.1, -0.05) is 11.6 Å². The lowest BCUT2D eigenvalue weighted by Gasteiger charge is -2.21. The first-order chi connectivity index (χ1) is 11.1. The Hall–Kier alpha value is -2.14. The number of aromatic nitrogens is 1. The van der Waals surface area contributed by atoms with Gasteiger partial charge in [0.2, 0.25) is 5.91 Å². The van der Waals surface area contributed by atoms with Crippen molar-refractivity contribution in [3.63, 3.8) is 0 Å². The number of carbonyl (C=O) groups excluding carboxylic acids is 2. The van der Waals surface area contributed by atoms with Crippen LogP contribution in [-0.2, 0) is 4.79 Å². The van der Waals surface area contributed by atoms with Gasteiger partial charge >= 0.3 is 0 Å². The highest BCUT2D eigenvalue weighted by Gasteiger charge is 2.25. The van der Waals surface area contributed by atoms with Crippen LogP contribution in [0.3, 0.4) is 0 Å². The Morgan fingerprint density at radius 2 is 2.22 bits per heavy atom. The van der Waals surface area contributed by atoms with Crippen molar-refractivity contribution in [2.75, 3.05) is 13.1 Å². The van der Waals surface area contributed by atoms with Gasteiger partial charge in [0, 0.05) is 29.2 Å². The van der Waals surface area contributed by atoms with Crippen molar-refractivity contribution in [3.8, 4) is 0 Å². The summed E-state index contributed by atoms with van der Waals surface area (Å²) in [5.74, 6) is -0.334. The Morgan fingerprint density at radius 3 is 2.96 bits per heavy atom. The van der Waals surface area contributed by atoms with E-state index in [1.54, 1.807) is 30.5 Å². The topological polar surface area (TPSA) is 62.3 Å². The molecule has 1 saturated heterocycles. The van der Waals surface area contributed by atoms with E-state index in [0.717, 1.165) is 19.4 Å². The molecule has 120 valence electrons. The van der Waals surface area contributed by atoms with Crippen molar-refractivity contribution >= 4 is 34.3 Å². The zero-order chi connectivity index (χ0) is 16.4. The first kappa shape index (κ1) is 15.7. The number of hydrogen-bond acceptors (Lipinski definition) is 3. The molecule has 3 rings (SSSR count). The van der Waals surface area contributed by atoms with Crippen LogP contribution in [0.2, 0.25) is 5.02 Å². The maximum absolute atomic E-state index is 12.4. The number of nitrogens with one attached hydrogen (secondary N) is 1. The van der Waals surface area contributed by atoms with Crippen LogP contribution in [0.25, 0.3) is 10.9 Å². The number of amides is 2. The Bertz CT molecular complexity index is 763. The lowest BCUT2D eigenvalue weighted by atomic mass is 10.1. The number of benzene rings is 1. The Morgan fingerprint density at radius 1 is 1.39 bits per heavy atom. The Balaban J connectivity index is 1.74. The molecule has 1 aromatic carbocycles. The van der Waals surface area contributed by atoms with Crippen LogP contribution in [0.4, 0.5) is 0 Å². The second-order valence-corrected chi connectivity index (χ2v) is 6.22. The van der Waals surface area contributed by atoms with Crippen LogP contribution in [-0.4, -0.2) is 40.8 Å². The van der Waals surface area contributed by atoms with Crippen LogP contribution in [0, 0.1) is 0 Å². The molecule has 1 aromatic heterocycles. The Kier molecular flexibility index (Phi) is 4.48. The molecular weight excluding hydrogens is 314 g/mol. The average Bonchev–Trinajstić information content (AvgIpc) is 2.97. The fourth-order valence-corrected chi connectivity index (χ4v) is 3.14. The third kappa shape index (κ3) is 3.29. The highest BCUT2D eigenvalue weighted by atomic mass is 35.5. The summed E-state index contributed by atoms with van der Waals surface area (Å²) in [5, 5.41) is 3.93. The van der Waals surface area contributed by atoms with Crippen LogP contribution in [0.1, 0.15) is 30.1 Å². The molecule has 0 radical (unpaired) electrons. The molecule has 2 heterocycles. The first-order valence-electron chi connectivity index (χ1n) is 7.68. The first-order valence-corrected chi connectivity index (χ1v) is 8.06. The fourth-order valence-electron chi connectivity index (χ4n) is 2.97. The lowest BCUT2D eigenvalue weighted by molar-refractivity contribution is -0.130. The van der Waals surface area contributed by atoms with Crippen molar-refractivity contribution in [2.24, 2.45) is 0 Å². The average molecular weight is 332 g/mol. The molecule has 0 bridgehead atoms. The van der Waals surface area contributed by atoms with E-state index < -0.39 is 0 Å². The van der Waals surface area contributed by atoms with Crippen molar-refractivity contribution in [2.45, 2.75) is 25.8 Å². The van der Waals surface area contributed by atoms with Gasteiger partial charge in [-0.3, -0.25) is 14.6 Å². The summed E-state index contributed by atoms with van der Waals surface area (Å²) in [5.41, 5.74) is 1.17. The minimum Gasteiger partial charge on any atom is -0.343 e. The summed E-state index contributed by atoms with van der Waals surface area (Å²) >= 11 is 6.00.